The maximum atomic E-state index is 11.3. The lowest BCUT2D eigenvalue weighted by Crippen LogP contribution is -2.67. The van der Waals surface area contributed by atoms with E-state index in [0.717, 1.165) is 0 Å². The molecule has 0 aromatic heterocycles. The van der Waals surface area contributed by atoms with E-state index in [-0.39, 0.29) is 0 Å². The number of esters is 1. The average Bonchev–Trinajstić information content (AvgIpc) is 2.72. The van der Waals surface area contributed by atoms with Gasteiger partial charge < -0.3 is 24.1 Å². The predicted octanol–water partition coefficient (Wildman–Crippen LogP) is 0.614. The van der Waals surface area contributed by atoms with E-state index in [0.29, 0.717) is 6.61 Å². The van der Waals surface area contributed by atoms with Gasteiger partial charge in [0.1, 0.15) is 27.1 Å². The average molecular weight is 318 g/mol. The minimum absolute atomic E-state index is 0.310. The number of carbonyl (C=O) groups is 1. The van der Waals surface area contributed by atoms with Crippen molar-refractivity contribution in [2.24, 2.45) is 0 Å². The van der Waals surface area contributed by atoms with Gasteiger partial charge in [-0.25, -0.2) is 0 Å². The molecule has 2 saturated heterocycles. The van der Waals surface area contributed by atoms with E-state index in [2.05, 4.69) is 13.1 Å². The van der Waals surface area contributed by atoms with E-state index in [1.165, 1.54) is 6.92 Å². The lowest BCUT2D eigenvalue weighted by Gasteiger charge is -2.48. The number of rotatable bonds is 3. The number of hydrogen-bond donors (Lipinski definition) is 1. The second-order valence-electron chi connectivity index (χ2n) is 7.06. The molecule has 2 rings (SSSR count). The molecule has 6 nitrogen and oxygen atoms in total. The summed E-state index contributed by atoms with van der Waals surface area (Å²) in [6.07, 6.45) is -2.80. The number of fused-ring (bicyclic) bond motifs is 2. The van der Waals surface area contributed by atoms with Crippen molar-refractivity contribution in [3.63, 3.8) is 0 Å². The van der Waals surface area contributed by atoms with E-state index >= 15 is 0 Å². The van der Waals surface area contributed by atoms with Crippen LogP contribution in [-0.4, -0.2) is 61.9 Å². The molecule has 0 aromatic carbocycles. The van der Waals surface area contributed by atoms with Crippen LogP contribution in [0.1, 0.15) is 27.7 Å². The number of carbonyl (C=O) groups excluding carboxylic acids is 1. The fourth-order valence-corrected chi connectivity index (χ4v) is 4.76. The van der Waals surface area contributed by atoms with Crippen molar-refractivity contribution < 1.29 is 28.8 Å². The number of hydrogen-bond acceptors (Lipinski definition) is 6. The molecule has 2 aliphatic heterocycles. The quantitative estimate of drug-likeness (QED) is 0.607. The van der Waals surface area contributed by atoms with Crippen molar-refractivity contribution in [2.75, 3.05) is 6.61 Å². The van der Waals surface area contributed by atoms with Crippen molar-refractivity contribution in [2.45, 2.75) is 76.2 Å². The van der Waals surface area contributed by atoms with Crippen LogP contribution in [0.4, 0.5) is 0 Å². The summed E-state index contributed by atoms with van der Waals surface area (Å²) in [5.74, 6) is -0.446. The van der Waals surface area contributed by atoms with Gasteiger partial charge in [0.15, 0.2) is 11.5 Å². The summed E-state index contributed by atoms with van der Waals surface area (Å²) in [5.41, 5.74) is -1.33. The molecule has 1 N–H and O–H groups in total. The Morgan fingerprint density at radius 2 is 2.00 bits per heavy atom. The summed E-state index contributed by atoms with van der Waals surface area (Å²) in [5, 5.41) is 10.7. The molecular weight excluding hydrogens is 292 g/mol. The first-order valence-electron chi connectivity index (χ1n) is 7.41. The molecule has 7 heteroatoms. The van der Waals surface area contributed by atoms with Gasteiger partial charge in [0.2, 0.25) is 0 Å². The summed E-state index contributed by atoms with van der Waals surface area (Å²) in [4.78, 5) is 11.3. The van der Waals surface area contributed by atoms with Crippen LogP contribution < -0.4 is 0 Å². The Morgan fingerprint density at radius 1 is 1.38 bits per heavy atom. The molecule has 0 saturated carbocycles. The third-order valence-electron chi connectivity index (χ3n) is 3.81. The van der Waals surface area contributed by atoms with E-state index in [4.69, 9.17) is 18.9 Å². The molecular formula is C14H26O6Si. The van der Waals surface area contributed by atoms with Crippen LogP contribution in [0, 0.1) is 0 Å². The summed E-state index contributed by atoms with van der Waals surface area (Å²) in [6, 6.07) is 0. The first-order chi connectivity index (χ1) is 9.57. The van der Waals surface area contributed by atoms with Crippen molar-refractivity contribution in [3.8, 4) is 0 Å². The normalized spacial score (nSPS) is 39.6. The highest BCUT2D eigenvalue weighted by atomic mass is 28.3. The zero-order valence-corrected chi connectivity index (χ0v) is 14.7. The maximum absolute atomic E-state index is 11.3. The monoisotopic (exact) mass is 318 g/mol. The van der Waals surface area contributed by atoms with Crippen molar-refractivity contribution in [1.29, 1.82) is 0 Å². The summed E-state index contributed by atoms with van der Waals surface area (Å²) in [6.45, 7) is 11.6. The van der Waals surface area contributed by atoms with E-state index in [1.807, 2.05) is 20.8 Å². The van der Waals surface area contributed by atoms with Crippen LogP contribution in [0.15, 0.2) is 0 Å². The third kappa shape index (κ3) is 3.17. The lowest BCUT2D eigenvalue weighted by molar-refractivity contribution is -0.289. The van der Waals surface area contributed by atoms with E-state index in [1.54, 1.807) is 0 Å². The van der Waals surface area contributed by atoms with Crippen LogP contribution in [0.3, 0.4) is 0 Å². The van der Waals surface area contributed by atoms with Gasteiger partial charge in [0.05, 0.1) is 12.2 Å². The molecule has 122 valence electrons. The van der Waals surface area contributed by atoms with Crippen molar-refractivity contribution >= 4 is 14.8 Å². The van der Waals surface area contributed by atoms with Crippen molar-refractivity contribution in [1.82, 2.24) is 0 Å². The van der Waals surface area contributed by atoms with Gasteiger partial charge in [-0.2, -0.15) is 0 Å². The van der Waals surface area contributed by atoms with Gasteiger partial charge in [-0.1, -0.05) is 13.1 Å². The minimum atomic E-state index is -1.46. The second kappa shape index (κ2) is 5.62. The Balaban J connectivity index is 2.32. The van der Waals surface area contributed by atoms with Gasteiger partial charge in [-0.15, -0.1) is 0 Å². The van der Waals surface area contributed by atoms with Crippen LogP contribution in [0.25, 0.3) is 0 Å². The highest BCUT2D eigenvalue weighted by Gasteiger charge is 2.63. The third-order valence-corrected chi connectivity index (χ3v) is 6.05. The summed E-state index contributed by atoms with van der Waals surface area (Å²) in [7, 11) is -1.46. The Bertz CT molecular complexity index is 407. The van der Waals surface area contributed by atoms with Crippen LogP contribution >= 0.6 is 0 Å². The molecule has 2 heterocycles. The first kappa shape index (κ1) is 16.9. The molecule has 0 amide bonds. The van der Waals surface area contributed by atoms with Crippen molar-refractivity contribution in [3.05, 3.63) is 0 Å². The van der Waals surface area contributed by atoms with Gasteiger partial charge in [0.25, 0.3) is 0 Å². The van der Waals surface area contributed by atoms with E-state index in [9.17, 15) is 9.90 Å². The fraction of sp³-hybridized carbons (Fsp3) is 0.929. The zero-order chi connectivity index (χ0) is 16.0. The SMILES string of the molecule is CC(=O)O[C@@H]1[C@H](O)[C@@H](OC(C)(C)C)[C@@]2([SiH](C)C)OC[C@H]1O2. The highest BCUT2D eigenvalue weighted by molar-refractivity contribution is 6.59. The van der Waals surface area contributed by atoms with Crippen LogP contribution in [-0.2, 0) is 23.7 Å². The molecule has 0 spiro atoms. The van der Waals surface area contributed by atoms with Crippen LogP contribution in [0.2, 0.25) is 13.1 Å². The molecule has 21 heavy (non-hydrogen) atoms. The second-order valence-corrected chi connectivity index (χ2v) is 10.2. The highest BCUT2D eigenvalue weighted by Crippen LogP contribution is 2.42. The molecule has 0 unspecified atom stereocenters. The zero-order valence-electron chi connectivity index (χ0n) is 13.6. The molecule has 2 fully saturated rings. The molecule has 5 atom stereocenters. The van der Waals surface area contributed by atoms with E-state index < -0.39 is 50.2 Å². The van der Waals surface area contributed by atoms with Gasteiger partial charge >= 0.3 is 5.97 Å². The standard InChI is InChI=1S/C14H26O6Si/c1-8(15)18-11-9-7-17-14(19-9,21(5)6)12(10(11)16)20-13(2,3)4/h9-12,16,21H,7H2,1-6H3/t9-,10+,11+,12-,14-/m1/s1. The largest absolute Gasteiger partial charge is 0.457 e. The number of aliphatic hydroxyl groups excluding tert-OH is 1. The molecule has 0 radical (unpaired) electrons. The smallest absolute Gasteiger partial charge is 0.303 e. The Hall–Kier alpha value is -0.473. The van der Waals surface area contributed by atoms with Gasteiger partial charge in [0, 0.05) is 6.92 Å². The fourth-order valence-electron chi connectivity index (χ4n) is 2.96. The summed E-state index contributed by atoms with van der Waals surface area (Å²) < 4.78 is 23.3. The Morgan fingerprint density at radius 3 is 2.48 bits per heavy atom. The topological polar surface area (TPSA) is 74.2 Å². The summed E-state index contributed by atoms with van der Waals surface area (Å²) >= 11 is 0. The number of aliphatic hydroxyl groups is 1. The maximum Gasteiger partial charge on any atom is 0.303 e. The Kier molecular flexibility index (Phi) is 4.52. The number of ether oxygens (including phenoxy) is 4. The molecule has 0 aliphatic carbocycles. The first-order valence-corrected chi connectivity index (χ1v) is 10.3. The van der Waals surface area contributed by atoms with Crippen LogP contribution in [0.5, 0.6) is 0 Å². The van der Waals surface area contributed by atoms with Gasteiger partial charge in [-0.05, 0) is 20.8 Å². The molecule has 2 bridgehead atoms. The molecule has 0 aromatic rings. The predicted molar refractivity (Wildman–Crippen MR) is 78.6 cm³/mol. The minimum Gasteiger partial charge on any atom is -0.457 e. The Labute approximate surface area is 127 Å². The van der Waals surface area contributed by atoms with Gasteiger partial charge in [-0.3, -0.25) is 4.79 Å². The lowest BCUT2D eigenvalue weighted by atomic mass is 9.99. The molecule has 2 aliphatic rings.